The molecule has 1 saturated heterocycles. The number of likely N-dealkylation sites (N-methyl/N-ethyl adjacent to an activating group) is 2. The van der Waals surface area contributed by atoms with Crippen molar-refractivity contribution >= 4 is 5.91 Å². The highest BCUT2D eigenvalue weighted by Gasteiger charge is 2.33. The number of β-amino-alcohol motifs (C(OH)–C–C–N with tert-alkyl or cyclic N) is 1. The average Bonchev–Trinajstić information content (AvgIpc) is 2.45. The molecule has 2 atom stereocenters. The molecular weight excluding hydrogens is 156 g/mol. The van der Waals surface area contributed by atoms with Crippen LogP contribution in [0.25, 0.3) is 0 Å². The van der Waals surface area contributed by atoms with Crippen molar-refractivity contribution in [1.29, 1.82) is 0 Å². The lowest BCUT2D eigenvalue weighted by Gasteiger charge is -2.20. The first-order valence-corrected chi connectivity index (χ1v) is 4.32. The van der Waals surface area contributed by atoms with Crippen LogP contribution in [0.15, 0.2) is 0 Å². The van der Waals surface area contributed by atoms with E-state index in [0.29, 0.717) is 13.0 Å². The molecule has 70 valence electrons. The molecule has 0 radical (unpaired) electrons. The Balaban J connectivity index is 2.57. The van der Waals surface area contributed by atoms with Gasteiger partial charge in [-0.15, -0.1) is 0 Å². The van der Waals surface area contributed by atoms with Crippen molar-refractivity contribution < 1.29 is 9.90 Å². The maximum atomic E-state index is 11.3. The highest BCUT2D eigenvalue weighted by atomic mass is 16.3. The normalized spacial score (nSPS) is 30.6. The molecule has 0 aliphatic carbocycles. The molecule has 0 saturated carbocycles. The van der Waals surface area contributed by atoms with Crippen molar-refractivity contribution in [3.8, 4) is 0 Å². The summed E-state index contributed by atoms with van der Waals surface area (Å²) in [5, 5.41) is 11.9. The van der Waals surface area contributed by atoms with Gasteiger partial charge in [-0.05, 0) is 13.0 Å². The molecule has 0 aromatic carbocycles. The first-order chi connectivity index (χ1) is 5.69. The van der Waals surface area contributed by atoms with Crippen LogP contribution >= 0.6 is 0 Å². The molecule has 1 amide bonds. The number of rotatable bonds is 2. The molecule has 0 unspecified atom stereocenters. The predicted octanol–water partition coefficient (Wildman–Crippen LogP) is -0.812. The van der Waals surface area contributed by atoms with Crippen LogP contribution in [0.1, 0.15) is 13.3 Å². The second-order valence-corrected chi connectivity index (χ2v) is 3.11. The van der Waals surface area contributed by atoms with E-state index in [9.17, 15) is 9.90 Å². The first-order valence-electron chi connectivity index (χ1n) is 4.32. The van der Waals surface area contributed by atoms with Crippen molar-refractivity contribution in [2.24, 2.45) is 0 Å². The standard InChI is InChI=1S/C8H16N2O2/c1-3-10-5-6(11)4-7(10)8(12)9-2/h6-7,11H,3-5H2,1-2H3,(H,9,12)/t6-,7+/m1/s1. The van der Waals surface area contributed by atoms with Crippen LogP contribution in [0.4, 0.5) is 0 Å². The van der Waals surface area contributed by atoms with Crippen LogP contribution in [0.5, 0.6) is 0 Å². The second-order valence-electron chi connectivity index (χ2n) is 3.11. The summed E-state index contributed by atoms with van der Waals surface area (Å²) < 4.78 is 0. The monoisotopic (exact) mass is 172 g/mol. The van der Waals surface area contributed by atoms with Crippen LogP contribution < -0.4 is 5.32 Å². The van der Waals surface area contributed by atoms with Gasteiger partial charge >= 0.3 is 0 Å². The zero-order chi connectivity index (χ0) is 9.14. The summed E-state index contributed by atoms with van der Waals surface area (Å²) >= 11 is 0. The van der Waals surface area contributed by atoms with Gasteiger partial charge in [0.05, 0.1) is 12.1 Å². The van der Waals surface area contributed by atoms with Crippen molar-refractivity contribution in [2.45, 2.75) is 25.5 Å². The molecule has 0 bridgehead atoms. The third-order valence-electron chi connectivity index (χ3n) is 2.34. The Kier molecular flexibility index (Phi) is 3.05. The molecule has 1 heterocycles. The van der Waals surface area contributed by atoms with E-state index < -0.39 is 0 Å². The van der Waals surface area contributed by atoms with Gasteiger partial charge < -0.3 is 10.4 Å². The summed E-state index contributed by atoms with van der Waals surface area (Å²) in [6, 6.07) is -0.130. The summed E-state index contributed by atoms with van der Waals surface area (Å²) in [6.45, 7) is 3.43. The van der Waals surface area contributed by atoms with Gasteiger partial charge in [0.1, 0.15) is 0 Å². The molecule has 0 aromatic rings. The number of aliphatic hydroxyl groups is 1. The fourth-order valence-corrected chi connectivity index (χ4v) is 1.67. The highest BCUT2D eigenvalue weighted by Crippen LogP contribution is 2.16. The van der Waals surface area contributed by atoms with Crippen LogP contribution in [0.2, 0.25) is 0 Å². The van der Waals surface area contributed by atoms with Crippen LogP contribution in [-0.2, 0) is 4.79 Å². The van der Waals surface area contributed by atoms with Gasteiger partial charge in [-0.25, -0.2) is 0 Å². The number of aliphatic hydroxyl groups excluding tert-OH is 1. The number of nitrogens with one attached hydrogen (secondary N) is 1. The third-order valence-corrected chi connectivity index (χ3v) is 2.34. The Morgan fingerprint density at radius 1 is 1.75 bits per heavy atom. The Labute approximate surface area is 72.6 Å². The molecule has 0 spiro atoms. The molecule has 12 heavy (non-hydrogen) atoms. The smallest absolute Gasteiger partial charge is 0.237 e. The number of amides is 1. The minimum absolute atomic E-state index is 0.00778. The van der Waals surface area contributed by atoms with Crippen molar-refractivity contribution in [1.82, 2.24) is 10.2 Å². The van der Waals surface area contributed by atoms with E-state index in [-0.39, 0.29) is 18.1 Å². The Morgan fingerprint density at radius 3 is 2.92 bits per heavy atom. The van der Waals surface area contributed by atoms with E-state index in [4.69, 9.17) is 0 Å². The molecule has 4 heteroatoms. The Hall–Kier alpha value is -0.610. The SMILES string of the molecule is CCN1C[C@H](O)C[C@H]1C(=O)NC. The molecule has 1 rings (SSSR count). The summed E-state index contributed by atoms with van der Waals surface area (Å²) in [5.74, 6) is 0.00778. The van der Waals surface area contributed by atoms with Gasteiger partial charge in [0, 0.05) is 13.6 Å². The molecule has 0 aromatic heterocycles. The Morgan fingerprint density at radius 2 is 2.42 bits per heavy atom. The zero-order valence-electron chi connectivity index (χ0n) is 7.58. The summed E-state index contributed by atoms with van der Waals surface area (Å²) in [5.41, 5.74) is 0. The van der Waals surface area contributed by atoms with Gasteiger partial charge in [-0.2, -0.15) is 0 Å². The molecule has 4 nitrogen and oxygen atoms in total. The maximum Gasteiger partial charge on any atom is 0.237 e. The van der Waals surface area contributed by atoms with E-state index >= 15 is 0 Å². The first kappa shape index (κ1) is 9.48. The quantitative estimate of drug-likeness (QED) is 0.572. The predicted molar refractivity (Wildman–Crippen MR) is 45.7 cm³/mol. The number of carbonyl (C=O) groups is 1. The number of hydrogen-bond acceptors (Lipinski definition) is 3. The third kappa shape index (κ3) is 1.76. The van der Waals surface area contributed by atoms with Crippen molar-refractivity contribution in [2.75, 3.05) is 20.1 Å². The van der Waals surface area contributed by atoms with E-state index in [1.807, 2.05) is 11.8 Å². The molecule has 1 aliphatic heterocycles. The molecule has 2 N–H and O–H groups in total. The molecular formula is C8H16N2O2. The largest absolute Gasteiger partial charge is 0.392 e. The lowest BCUT2D eigenvalue weighted by Crippen LogP contribution is -2.41. The van der Waals surface area contributed by atoms with Gasteiger partial charge in [0.25, 0.3) is 0 Å². The van der Waals surface area contributed by atoms with E-state index in [1.165, 1.54) is 0 Å². The topological polar surface area (TPSA) is 52.6 Å². The Bertz CT molecular complexity index is 172. The minimum atomic E-state index is -0.341. The average molecular weight is 172 g/mol. The number of nitrogens with zero attached hydrogens (tertiary/aromatic N) is 1. The van der Waals surface area contributed by atoms with Gasteiger partial charge in [0.2, 0.25) is 5.91 Å². The molecule has 1 aliphatic rings. The van der Waals surface area contributed by atoms with Crippen LogP contribution in [0.3, 0.4) is 0 Å². The van der Waals surface area contributed by atoms with E-state index in [1.54, 1.807) is 7.05 Å². The number of hydrogen-bond donors (Lipinski definition) is 2. The maximum absolute atomic E-state index is 11.3. The highest BCUT2D eigenvalue weighted by molar-refractivity contribution is 5.81. The fourth-order valence-electron chi connectivity index (χ4n) is 1.67. The van der Waals surface area contributed by atoms with Crippen molar-refractivity contribution in [3.63, 3.8) is 0 Å². The molecule has 1 fully saturated rings. The van der Waals surface area contributed by atoms with Gasteiger partial charge in [-0.1, -0.05) is 6.92 Å². The minimum Gasteiger partial charge on any atom is -0.392 e. The second kappa shape index (κ2) is 3.87. The summed E-state index contributed by atoms with van der Waals surface area (Å²) in [4.78, 5) is 13.3. The summed E-state index contributed by atoms with van der Waals surface area (Å²) in [7, 11) is 1.63. The van der Waals surface area contributed by atoms with Gasteiger partial charge in [0.15, 0.2) is 0 Å². The van der Waals surface area contributed by atoms with Gasteiger partial charge in [-0.3, -0.25) is 9.69 Å². The lowest BCUT2D eigenvalue weighted by molar-refractivity contribution is -0.124. The lowest BCUT2D eigenvalue weighted by atomic mass is 10.2. The van der Waals surface area contributed by atoms with E-state index in [2.05, 4.69) is 5.32 Å². The summed E-state index contributed by atoms with van der Waals surface area (Å²) in [6.07, 6.45) is 0.222. The number of likely N-dealkylation sites (tertiary alicyclic amines) is 1. The van der Waals surface area contributed by atoms with E-state index in [0.717, 1.165) is 6.54 Å². The number of carbonyl (C=O) groups excluding carboxylic acids is 1. The van der Waals surface area contributed by atoms with Crippen LogP contribution in [-0.4, -0.2) is 48.2 Å². The van der Waals surface area contributed by atoms with Crippen LogP contribution in [0, 0.1) is 0 Å². The fraction of sp³-hybridized carbons (Fsp3) is 0.875. The zero-order valence-corrected chi connectivity index (χ0v) is 7.58. The van der Waals surface area contributed by atoms with Crippen molar-refractivity contribution in [3.05, 3.63) is 0 Å².